The first kappa shape index (κ1) is 18.1. The Labute approximate surface area is 159 Å². The van der Waals surface area contributed by atoms with E-state index in [1.54, 1.807) is 38.3 Å². The topological polar surface area (TPSA) is 38.3 Å². The van der Waals surface area contributed by atoms with Gasteiger partial charge in [0.2, 0.25) is 0 Å². The van der Waals surface area contributed by atoms with Gasteiger partial charge in [0.25, 0.3) is 0 Å². The fourth-order valence-corrected chi connectivity index (χ4v) is 2.90. The second-order valence-electron chi connectivity index (χ2n) is 5.84. The molecule has 3 aromatic carbocycles. The number of ketones is 1. The molecule has 0 radical (unpaired) electrons. The van der Waals surface area contributed by atoms with Crippen molar-refractivity contribution in [2.24, 2.45) is 0 Å². The SMILES string of the molecule is COc1ccc(C(=O)c2ccc(Nc3ccc(Br)cc3)cc2F)c(C)c1. The monoisotopic (exact) mass is 413 g/mol. The molecule has 26 heavy (non-hydrogen) atoms. The second-order valence-corrected chi connectivity index (χ2v) is 6.75. The Morgan fingerprint density at radius 3 is 2.23 bits per heavy atom. The summed E-state index contributed by atoms with van der Waals surface area (Å²) in [5, 5.41) is 3.12. The van der Waals surface area contributed by atoms with Crippen molar-refractivity contribution in [1.29, 1.82) is 0 Å². The maximum absolute atomic E-state index is 14.5. The first-order chi connectivity index (χ1) is 12.5. The molecule has 0 fully saturated rings. The van der Waals surface area contributed by atoms with E-state index in [0.29, 0.717) is 17.0 Å². The van der Waals surface area contributed by atoms with Gasteiger partial charge in [-0.1, -0.05) is 15.9 Å². The molecule has 0 amide bonds. The third-order valence-corrected chi connectivity index (χ3v) is 4.55. The Morgan fingerprint density at radius 2 is 1.62 bits per heavy atom. The minimum absolute atomic E-state index is 0.0413. The normalized spacial score (nSPS) is 10.5. The van der Waals surface area contributed by atoms with Crippen molar-refractivity contribution < 1.29 is 13.9 Å². The first-order valence-electron chi connectivity index (χ1n) is 7.99. The number of nitrogens with one attached hydrogen (secondary N) is 1. The highest BCUT2D eigenvalue weighted by Crippen LogP contribution is 2.24. The zero-order valence-corrected chi connectivity index (χ0v) is 15.9. The van der Waals surface area contributed by atoms with Crippen molar-refractivity contribution in [3.05, 3.63) is 87.6 Å². The van der Waals surface area contributed by atoms with E-state index in [4.69, 9.17) is 4.74 Å². The van der Waals surface area contributed by atoms with Gasteiger partial charge in [0.05, 0.1) is 12.7 Å². The van der Waals surface area contributed by atoms with Crippen LogP contribution in [0.2, 0.25) is 0 Å². The van der Waals surface area contributed by atoms with Gasteiger partial charge in [0.1, 0.15) is 11.6 Å². The lowest BCUT2D eigenvalue weighted by molar-refractivity contribution is 0.103. The van der Waals surface area contributed by atoms with Crippen molar-refractivity contribution >= 4 is 33.1 Å². The molecule has 3 rings (SSSR count). The summed E-state index contributed by atoms with van der Waals surface area (Å²) in [5.41, 5.74) is 2.65. The summed E-state index contributed by atoms with van der Waals surface area (Å²) in [7, 11) is 1.56. The van der Waals surface area contributed by atoms with Gasteiger partial charge in [0, 0.05) is 21.4 Å². The number of methoxy groups -OCH3 is 1. The number of benzene rings is 3. The minimum Gasteiger partial charge on any atom is -0.497 e. The third kappa shape index (κ3) is 3.94. The van der Waals surface area contributed by atoms with Crippen LogP contribution in [0, 0.1) is 12.7 Å². The maximum Gasteiger partial charge on any atom is 0.196 e. The van der Waals surface area contributed by atoms with Crippen LogP contribution in [0.3, 0.4) is 0 Å². The lowest BCUT2D eigenvalue weighted by atomic mass is 9.98. The first-order valence-corrected chi connectivity index (χ1v) is 8.78. The average molecular weight is 414 g/mol. The van der Waals surface area contributed by atoms with Gasteiger partial charge >= 0.3 is 0 Å². The van der Waals surface area contributed by atoms with Gasteiger partial charge in [0.15, 0.2) is 5.78 Å². The number of hydrogen-bond donors (Lipinski definition) is 1. The molecule has 5 heteroatoms. The number of halogens is 2. The average Bonchev–Trinajstić information content (AvgIpc) is 2.63. The molecule has 3 aromatic rings. The fourth-order valence-electron chi connectivity index (χ4n) is 2.64. The van der Waals surface area contributed by atoms with E-state index in [2.05, 4.69) is 21.2 Å². The van der Waals surface area contributed by atoms with Crippen molar-refractivity contribution in [1.82, 2.24) is 0 Å². The van der Waals surface area contributed by atoms with Crippen LogP contribution in [-0.2, 0) is 0 Å². The van der Waals surface area contributed by atoms with Crippen LogP contribution >= 0.6 is 15.9 Å². The van der Waals surface area contributed by atoms with Crippen LogP contribution in [0.1, 0.15) is 21.5 Å². The number of aryl methyl sites for hydroxylation is 1. The van der Waals surface area contributed by atoms with E-state index >= 15 is 0 Å². The Kier molecular flexibility index (Phi) is 5.38. The molecule has 0 saturated carbocycles. The molecule has 0 atom stereocenters. The number of carbonyl (C=O) groups excluding carboxylic acids is 1. The van der Waals surface area contributed by atoms with Crippen molar-refractivity contribution in [2.75, 3.05) is 12.4 Å². The van der Waals surface area contributed by atoms with Gasteiger partial charge < -0.3 is 10.1 Å². The predicted octanol–water partition coefficient (Wildman–Crippen LogP) is 5.88. The number of ether oxygens (including phenoxy) is 1. The second kappa shape index (κ2) is 7.70. The van der Waals surface area contributed by atoms with Crippen LogP contribution in [-0.4, -0.2) is 12.9 Å². The summed E-state index contributed by atoms with van der Waals surface area (Å²) in [6.45, 7) is 1.80. The number of anilines is 2. The number of carbonyl (C=O) groups is 1. The number of rotatable bonds is 5. The molecule has 0 aliphatic heterocycles. The molecule has 0 aliphatic carbocycles. The standard InChI is InChI=1S/C21H17BrFNO2/c1-13-11-17(26-2)8-10-18(13)21(25)19-9-7-16(12-20(19)23)24-15-5-3-14(22)4-6-15/h3-12,24H,1-2H3. The van der Waals surface area contributed by atoms with Crippen molar-refractivity contribution in [3.8, 4) is 5.75 Å². The van der Waals surface area contributed by atoms with E-state index in [0.717, 1.165) is 15.7 Å². The summed E-state index contributed by atoms with van der Waals surface area (Å²) < 4.78 is 20.6. The predicted molar refractivity (Wildman–Crippen MR) is 105 cm³/mol. The smallest absolute Gasteiger partial charge is 0.196 e. The summed E-state index contributed by atoms with van der Waals surface area (Å²) in [6.07, 6.45) is 0. The van der Waals surface area contributed by atoms with E-state index in [1.807, 2.05) is 24.3 Å². The Balaban J connectivity index is 1.85. The molecule has 0 aromatic heterocycles. The third-order valence-electron chi connectivity index (χ3n) is 4.02. The lowest BCUT2D eigenvalue weighted by Crippen LogP contribution is -2.07. The van der Waals surface area contributed by atoms with Gasteiger partial charge in [-0.15, -0.1) is 0 Å². The summed E-state index contributed by atoms with van der Waals surface area (Å²) in [4.78, 5) is 12.7. The summed E-state index contributed by atoms with van der Waals surface area (Å²) >= 11 is 3.37. The molecule has 132 valence electrons. The van der Waals surface area contributed by atoms with Crippen LogP contribution < -0.4 is 10.1 Å². The maximum atomic E-state index is 14.5. The molecule has 0 heterocycles. The van der Waals surface area contributed by atoms with Crippen LogP contribution in [0.25, 0.3) is 0 Å². The van der Waals surface area contributed by atoms with E-state index in [1.165, 1.54) is 12.1 Å². The molecule has 3 nitrogen and oxygen atoms in total. The molecule has 0 saturated heterocycles. The molecular weight excluding hydrogens is 397 g/mol. The molecule has 0 bridgehead atoms. The van der Waals surface area contributed by atoms with E-state index < -0.39 is 5.82 Å². The van der Waals surface area contributed by atoms with Crippen LogP contribution in [0.15, 0.2) is 65.1 Å². The van der Waals surface area contributed by atoms with Crippen molar-refractivity contribution in [2.45, 2.75) is 6.92 Å². The quantitative estimate of drug-likeness (QED) is 0.530. The van der Waals surface area contributed by atoms with E-state index in [-0.39, 0.29) is 11.3 Å². The van der Waals surface area contributed by atoms with Gasteiger partial charge in [-0.05, 0) is 73.2 Å². The molecule has 1 N–H and O–H groups in total. The summed E-state index contributed by atoms with van der Waals surface area (Å²) in [5.74, 6) is -0.251. The van der Waals surface area contributed by atoms with Gasteiger partial charge in [-0.2, -0.15) is 0 Å². The highest BCUT2D eigenvalue weighted by Gasteiger charge is 2.17. The molecule has 0 aliphatic rings. The van der Waals surface area contributed by atoms with Gasteiger partial charge in [-0.25, -0.2) is 4.39 Å². The number of hydrogen-bond acceptors (Lipinski definition) is 3. The van der Waals surface area contributed by atoms with Gasteiger partial charge in [-0.3, -0.25) is 4.79 Å². The van der Waals surface area contributed by atoms with Crippen molar-refractivity contribution in [3.63, 3.8) is 0 Å². The van der Waals surface area contributed by atoms with E-state index in [9.17, 15) is 9.18 Å². The van der Waals surface area contributed by atoms with Crippen LogP contribution in [0.5, 0.6) is 5.75 Å². The largest absolute Gasteiger partial charge is 0.497 e. The lowest BCUT2D eigenvalue weighted by Gasteiger charge is -2.10. The Hall–Kier alpha value is -2.66. The minimum atomic E-state index is -0.563. The highest BCUT2D eigenvalue weighted by molar-refractivity contribution is 9.10. The Morgan fingerprint density at radius 1 is 0.962 bits per heavy atom. The zero-order valence-electron chi connectivity index (χ0n) is 14.3. The highest BCUT2D eigenvalue weighted by atomic mass is 79.9. The summed E-state index contributed by atoms with van der Waals surface area (Å²) in [6, 6.07) is 17.2. The van der Waals surface area contributed by atoms with Crippen LogP contribution in [0.4, 0.5) is 15.8 Å². The zero-order chi connectivity index (χ0) is 18.7. The molecule has 0 unspecified atom stereocenters. The fraction of sp³-hybridized carbons (Fsp3) is 0.0952. The molecule has 0 spiro atoms. The molecular formula is C21H17BrFNO2. The Bertz CT molecular complexity index is 955.